The predicted molar refractivity (Wildman–Crippen MR) is 164 cm³/mol. The van der Waals surface area contributed by atoms with E-state index >= 15 is 0 Å². The van der Waals surface area contributed by atoms with Gasteiger partial charge in [0.2, 0.25) is 0 Å². The first-order valence-corrected chi connectivity index (χ1v) is 14.6. The second-order valence-corrected chi connectivity index (χ2v) is 10.8. The van der Waals surface area contributed by atoms with E-state index in [0.717, 1.165) is 37.1 Å². The van der Waals surface area contributed by atoms with Crippen LogP contribution in [0.25, 0.3) is 0 Å². The summed E-state index contributed by atoms with van der Waals surface area (Å²) in [5.41, 5.74) is 4.06. The highest BCUT2D eigenvalue weighted by Crippen LogP contribution is 2.18. The van der Waals surface area contributed by atoms with Crippen molar-refractivity contribution in [3.05, 3.63) is 89.5 Å². The summed E-state index contributed by atoms with van der Waals surface area (Å²) in [6.45, 7) is 5.01. The number of aromatic hydroxyl groups is 1. The quantitative estimate of drug-likeness (QED) is 0.145. The minimum absolute atomic E-state index is 0.0348. The van der Waals surface area contributed by atoms with E-state index in [1.165, 1.54) is 5.56 Å². The largest absolute Gasteiger partial charge is 0.508 e. The molecule has 2 amide bonds. The number of likely N-dealkylation sites (tertiary alicyclic amines) is 1. The van der Waals surface area contributed by atoms with Gasteiger partial charge in [0.25, 0.3) is 0 Å². The number of ether oxygens (including phenoxy) is 1. The van der Waals surface area contributed by atoms with Crippen LogP contribution in [0.4, 0.5) is 10.5 Å². The number of urea groups is 1. The number of rotatable bonds is 14. The lowest BCUT2D eigenvalue weighted by Crippen LogP contribution is -2.47. The van der Waals surface area contributed by atoms with Crippen molar-refractivity contribution < 1.29 is 24.5 Å². The number of amides is 2. The van der Waals surface area contributed by atoms with Crippen molar-refractivity contribution in [1.82, 2.24) is 15.5 Å². The first-order chi connectivity index (χ1) is 20.4. The molecule has 0 unspecified atom stereocenters. The number of aryl methyl sites for hydroxylation is 1. The highest BCUT2D eigenvalue weighted by atomic mass is 16.5. The smallest absolute Gasteiger partial charge is 0.317 e. The summed E-state index contributed by atoms with van der Waals surface area (Å²) in [6, 6.07) is 22.5. The number of nitrogens with zero attached hydrogens (tertiary/aromatic N) is 1. The topological polar surface area (TPSA) is 123 Å². The minimum atomic E-state index is -0.629. The third-order valence-electron chi connectivity index (χ3n) is 7.36. The number of hydrogen-bond donors (Lipinski definition) is 5. The maximum Gasteiger partial charge on any atom is 0.317 e. The fourth-order valence-corrected chi connectivity index (χ4v) is 4.80. The number of hydrogen-bond acceptors (Lipinski definition) is 7. The molecule has 1 aliphatic heterocycles. The summed E-state index contributed by atoms with van der Waals surface area (Å²) in [5.74, 6) is 0.820. The standard InChI is InChI=1S/C33H42N4O5/c1-24-2-6-26(7-3-24)32(40)15-19-35-33(41)37-20-16-28(17-21-37)36-27-8-4-25(5-9-27)14-18-34-22-30(39)23-42-31-12-10-29(38)11-13-31/h2-13,28,30,34,36,38-39H,14-23H2,1H3,(H,35,41)/t30-/m0/s1. The molecule has 3 aromatic carbocycles. The molecule has 9 nitrogen and oxygen atoms in total. The second kappa shape index (κ2) is 15.8. The zero-order valence-corrected chi connectivity index (χ0v) is 24.2. The lowest BCUT2D eigenvalue weighted by Gasteiger charge is -2.33. The summed E-state index contributed by atoms with van der Waals surface area (Å²) in [7, 11) is 0. The molecule has 0 aliphatic carbocycles. The van der Waals surface area contributed by atoms with Crippen LogP contribution in [-0.2, 0) is 6.42 Å². The fraction of sp³-hybridized carbons (Fsp3) is 0.394. The third kappa shape index (κ3) is 10.1. The Hall–Kier alpha value is -4.08. The minimum Gasteiger partial charge on any atom is -0.508 e. The number of benzene rings is 3. The molecule has 1 heterocycles. The van der Waals surface area contributed by atoms with Gasteiger partial charge in [0.05, 0.1) is 0 Å². The SMILES string of the molecule is Cc1ccc(C(=O)CCNC(=O)N2CCC(Nc3ccc(CCNC[C@H](O)COc4ccc(O)cc4)cc3)CC2)cc1. The van der Waals surface area contributed by atoms with E-state index in [4.69, 9.17) is 4.74 Å². The van der Waals surface area contributed by atoms with Crippen molar-refractivity contribution in [2.24, 2.45) is 0 Å². The zero-order valence-electron chi connectivity index (χ0n) is 24.2. The molecule has 1 aliphatic rings. The van der Waals surface area contributed by atoms with Gasteiger partial charge < -0.3 is 35.8 Å². The summed E-state index contributed by atoms with van der Waals surface area (Å²) in [6.07, 6.45) is 2.23. The molecule has 0 spiro atoms. The van der Waals surface area contributed by atoms with Crippen LogP contribution in [0.3, 0.4) is 0 Å². The molecular formula is C33H42N4O5. The van der Waals surface area contributed by atoms with E-state index in [-0.39, 0.29) is 30.6 Å². The van der Waals surface area contributed by atoms with Gasteiger partial charge in [-0.25, -0.2) is 4.79 Å². The molecule has 5 N–H and O–H groups in total. The number of carbonyl (C=O) groups excluding carboxylic acids is 2. The van der Waals surface area contributed by atoms with Crippen molar-refractivity contribution >= 4 is 17.5 Å². The van der Waals surface area contributed by atoms with Crippen LogP contribution < -0.4 is 20.7 Å². The van der Waals surface area contributed by atoms with Crippen LogP contribution in [0.5, 0.6) is 11.5 Å². The lowest BCUT2D eigenvalue weighted by molar-refractivity contribution is 0.0982. The molecule has 42 heavy (non-hydrogen) atoms. The molecule has 1 fully saturated rings. The Balaban J connectivity index is 1.06. The number of nitrogens with one attached hydrogen (secondary N) is 3. The summed E-state index contributed by atoms with van der Waals surface area (Å²) < 4.78 is 5.53. The predicted octanol–water partition coefficient (Wildman–Crippen LogP) is 4.13. The number of phenols is 1. The molecule has 1 saturated heterocycles. The molecule has 3 aromatic rings. The van der Waals surface area contributed by atoms with Gasteiger partial charge >= 0.3 is 6.03 Å². The second-order valence-electron chi connectivity index (χ2n) is 10.8. The molecule has 9 heteroatoms. The van der Waals surface area contributed by atoms with Crippen LogP contribution in [0.1, 0.15) is 40.7 Å². The van der Waals surface area contributed by atoms with Crippen LogP contribution in [-0.4, -0.2) is 78.4 Å². The molecule has 0 aromatic heterocycles. The Morgan fingerprint density at radius 1 is 0.952 bits per heavy atom. The van der Waals surface area contributed by atoms with Crippen LogP contribution in [0, 0.1) is 6.92 Å². The molecule has 0 bridgehead atoms. The molecule has 4 rings (SSSR count). The molecule has 224 valence electrons. The van der Waals surface area contributed by atoms with Crippen LogP contribution >= 0.6 is 0 Å². The molecular weight excluding hydrogens is 532 g/mol. The Labute approximate surface area is 247 Å². The van der Waals surface area contributed by atoms with Gasteiger partial charge in [-0.05, 0) is 74.7 Å². The summed E-state index contributed by atoms with van der Waals surface area (Å²) >= 11 is 0. The average molecular weight is 575 g/mol. The van der Waals surface area contributed by atoms with Crippen molar-refractivity contribution in [2.75, 3.05) is 44.6 Å². The van der Waals surface area contributed by atoms with E-state index in [1.54, 1.807) is 24.3 Å². The van der Waals surface area contributed by atoms with Crippen LogP contribution in [0.2, 0.25) is 0 Å². The molecule has 0 saturated carbocycles. The maximum atomic E-state index is 12.6. The number of carbonyl (C=O) groups is 2. The van der Waals surface area contributed by atoms with E-state index in [9.17, 15) is 19.8 Å². The number of aliphatic hydroxyl groups excluding tert-OH is 1. The van der Waals surface area contributed by atoms with Crippen LogP contribution in [0.15, 0.2) is 72.8 Å². The van der Waals surface area contributed by atoms with Gasteiger partial charge in [-0.15, -0.1) is 0 Å². The molecule has 0 radical (unpaired) electrons. The van der Waals surface area contributed by atoms with E-state index in [2.05, 4.69) is 40.2 Å². The van der Waals surface area contributed by atoms with Crippen molar-refractivity contribution in [2.45, 2.75) is 44.8 Å². The van der Waals surface area contributed by atoms with Crippen molar-refractivity contribution in [3.63, 3.8) is 0 Å². The third-order valence-corrected chi connectivity index (χ3v) is 7.36. The Bertz CT molecular complexity index is 1260. The number of Topliss-reactive ketones (excluding diaryl/α,β-unsaturated/α-hetero) is 1. The zero-order chi connectivity index (χ0) is 29.7. The Kier molecular flexibility index (Phi) is 11.6. The number of anilines is 1. The van der Waals surface area contributed by atoms with Gasteiger partial charge in [0, 0.05) is 49.9 Å². The van der Waals surface area contributed by atoms with Gasteiger partial charge in [0.1, 0.15) is 24.2 Å². The van der Waals surface area contributed by atoms with Crippen molar-refractivity contribution in [1.29, 1.82) is 0 Å². The van der Waals surface area contributed by atoms with Gasteiger partial charge in [-0.3, -0.25) is 4.79 Å². The van der Waals surface area contributed by atoms with Gasteiger partial charge in [-0.1, -0.05) is 42.0 Å². The average Bonchev–Trinajstić information content (AvgIpc) is 3.00. The highest BCUT2D eigenvalue weighted by molar-refractivity contribution is 5.96. The summed E-state index contributed by atoms with van der Waals surface area (Å²) in [5, 5.41) is 29.2. The highest BCUT2D eigenvalue weighted by Gasteiger charge is 2.22. The lowest BCUT2D eigenvalue weighted by atomic mass is 10.0. The number of ketones is 1. The molecule has 1 atom stereocenters. The number of phenolic OH excluding ortho intramolecular Hbond substituents is 1. The monoisotopic (exact) mass is 574 g/mol. The fourth-order valence-electron chi connectivity index (χ4n) is 4.80. The van der Waals surface area contributed by atoms with E-state index in [1.807, 2.05) is 36.1 Å². The first kappa shape index (κ1) is 30.9. The maximum absolute atomic E-state index is 12.6. The first-order valence-electron chi connectivity index (χ1n) is 14.6. The number of aliphatic hydroxyl groups is 1. The Morgan fingerprint density at radius 3 is 2.33 bits per heavy atom. The Morgan fingerprint density at radius 2 is 1.64 bits per heavy atom. The van der Waals surface area contributed by atoms with E-state index in [0.29, 0.717) is 43.5 Å². The van der Waals surface area contributed by atoms with Crippen molar-refractivity contribution in [3.8, 4) is 11.5 Å². The number of piperidine rings is 1. The summed E-state index contributed by atoms with van der Waals surface area (Å²) in [4.78, 5) is 26.7. The van der Waals surface area contributed by atoms with Gasteiger partial charge in [-0.2, -0.15) is 0 Å². The van der Waals surface area contributed by atoms with E-state index < -0.39 is 6.10 Å². The van der Waals surface area contributed by atoms with Gasteiger partial charge in [0.15, 0.2) is 5.78 Å². The normalized spacial score (nSPS) is 14.3.